The van der Waals surface area contributed by atoms with Crippen molar-refractivity contribution in [3.8, 4) is 0 Å². The summed E-state index contributed by atoms with van der Waals surface area (Å²) in [4.78, 5) is 6.70. The summed E-state index contributed by atoms with van der Waals surface area (Å²) in [5.74, 6) is 1.06. The van der Waals surface area contributed by atoms with Crippen molar-refractivity contribution in [1.29, 1.82) is 0 Å². The van der Waals surface area contributed by atoms with Crippen LogP contribution in [0.4, 0.5) is 0 Å². The van der Waals surface area contributed by atoms with Crippen molar-refractivity contribution < 1.29 is 5.11 Å². The van der Waals surface area contributed by atoms with Gasteiger partial charge in [-0.2, -0.15) is 0 Å². The number of unbranched alkanes of at least 4 members (excludes halogenated alkanes) is 5. The number of nitrogens with zero attached hydrogens (tertiary/aromatic N) is 2. The number of rotatable bonds is 9. The monoisotopic (exact) mass is 252 g/mol. The van der Waals surface area contributed by atoms with Gasteiger partial charge in [-0.1, -0.05) is 38.7 Å². The first-order valence-electron chi connectivity index (χ1n) is 7.45. The number of aliphatic imine (C=N–C) groups is 1. The van der Waals surface area contributed by atoms with Gasteiger partial charge in [-0.05, 0) is 25.3 Å². The Labute approximate surface area is 112 Å². The number of amidine groups is 1. The molecule has 0 unspecified atom stereocenters. The molecule has 0 fully saturated rings. The van der Waals surface area contributed by atoms with E-state index in [0.717, 1.165) is 31.8 Å². The molecular weight excluding hydrogens is 224 g/mol. The van der Waals surface area contributed by atoms with Crippen LogP contribution in [-0.4, -0.2) is 42.1 Å². The van der Waals surface area contributed by atoms with Crippen LogP contribution < -0.4 is 0 Å². The van der Waals surface area contributed by atoms with Crippen LogP contribution in [0.2, 0.25) is 0 Å². The average molecular weight is 252 g/mol. The molecule has 0 aromatic rings. The highest BCUT2D eigenvalue weighted by atomic mass is 16.3. The number of β-amino-alcohol motifs (C(OH)–C–C–N with tert-alkyl or cyclic N) is 1. The molecule has 0 aromatic heterocycles. The van der Waals surface area contributed by atoms with Crippen LogP contribution in [0.15, 0.2) is 17.1 Å². The lowest BCUT2D eigenvalue weighted by atomic mass is 10.1. The van der Waals surface area contributed by atoms with Crippen molar-refractivity contribution in [3.05, 3.63) is 12.2 Å². The van der Waals surface area contributed by atoms with Crippen LogP contribution in [0.5, 0.6) is 0 Å². The summed E-state index contributed by atoms with van der Waals surface area (Å²) >= 11 is 0. The third-order valence-corrected chi connectivity index (χ3v) is 3.30. The highest BCUT2D eigenvalue weighted by Gasteiger charge is 2.11. The Morgan fingerprint density at radius 1 is 1.28 bits per heavy atom. The highest BCUT2D eigenvalue weighted by Crippen LogP contribution is 2.07. The van der Waals surface area contributed by atoms with Crippen LogP contribution >= 0.6 is 0 Å². The smallest absolute Gasteiger partial charge is 0.123 e. The summed E-state index contributed by atoms with van der Waals surface area (Å²) < 4.78 is 0. The molecule has 0 saturated heterocycles. The van der Waals surface area contributed by atoms with Crippen molar-refractivity contribution in [2.75, 3.05) is 26.2 Å². The van der Waals surface area contributed by atoms with E-state index in [-0.39, 0.29) is 6.61 Å². The molecule has 0 spiro atoms. The number of hydrogen-bond donors (Lipinski definition) is 1. The zero-order valence-electron chi connectivity index (χ0n) is 11.8. The van der Waals surface area contributed by atoms with Gasteiger partial charge in [0.2, 0.25) is 0 Å². The van der Waals surface area contributed by atoms with Gasteiger partial charge in [0.1, 0.15) is 5.84 Å². The molecule has 1 N–H and O–H groups in total. The zero-order chi connectivity index (χ0) is 13.1. The van der Waals surface area contributed by atoms with Gasteiger partial charge >= 0.3 is 0 Å². The number of aliphatic hydroxyl groups excluding tert-OH is 1. The number of allylic oxidation sites excluding steroid dienone is 1. The van der Waals surface area contributed by atoms with Gasteiger partial charge in [-0.25, -0.2) is 0 Å². The fourth-order valence-corrected chi connectivity index (χ4v) is 2.23. The summed E-state index contributed by atoms with van der Waals surface area (Å²) in [7, 11) is 0. The maximum absolute atomic E-state index is 9.01. The fraction of sp³-hybridized carbons (Fsp3) is 0.800. The first kappa shape index (κ1) is 15.2. The second-order valence-corrected chi connectivity index (χ2v) is 4.91. The average Bonchev–Trinajstić information content (AvgIpc) is 2.40. The quantitative estimate of drug-likeness (QED) is 0.640. The third kappa shape index (κ3) is 6.20. The molecule has 0 atom stereocenters. The van der Waals surface area contributed by atoms with Crippen molar-refractivity contribution in [2.45, 2.75) is 51.9 Å². The summed E-state index contributed by atoms with van der Waals surface area (Å²) in [5, 5.41) is 9.01. The fourth-order valence-electron chi connectivity index (χ4n) is 2.23. The Balaban J connectivity index is 2.20. The van der Waals surface area contributed by atoms with Crippen LogP contribution in [0.1, 0.15) is 51.9 Å². The lowest BCUT2D eigenvalue weighted by Crippen LogP contribution is -2.36. The maximum Gasteiger partial charge on any atom is 0.123 e. The SMILES string of the molecule is CCCCCCC/C=C/C1=NCCCN1CCO. The van der Waals surface area contributed by atoms with E-state index in [1.54, 1.807) is 0 Å². The van der Waals surface area contributed by atoms with Crippen molar-refractivity contribution >= 4 is 5.84 Å². The Hall–Kier alpha value is -0.830. The minimum Gasteiger partial charge on any atom is -0.395 e. The molecule has 1 aliphatic heterocycles. The normalized spacial score (nSPS) is 16.3. The van der Waals surface area contributed by atoms with Gasteiger partial charge in [0.25, 0.3) is 0 Å². The van der Waals surface area contributed by atoms with E-state index in [1.807, 2.05) is 0 Å². The molecule has 18 heavy (non-hydrogen) atoms. The molecule has 0 aromatic carbocycles. The van der Waals surface area contributed by atoms with E-state index in [9.17, 15) is 0 Å². The lowest BCUT2D eigenvalue weighted by Gasteiger charge is -2.26. The highest BCUT2D eigenvalue weighted by molar-refractivity contribution is 5.93. The van der Waals surface area contributed by atoms with E-state index in [1.165, 1.54) is 32.1 Å². The van der Waals surface area contributed by atoms with Crippen LogP contribution in [-0.2, 0) is 0 Å². The van der Waals surface area contributed by atoms with Crippen molar-refractivity contribution in [1.82, 2.24) is 4.90 Å². The molecule has 0 amide bonds. The molecule has 3 nitrogen and oxygen atoms in total. The molecule has 3 heteroatoms. The molecule has 0 saturated carbocycles. The van der Waals surface area contributed by atoms with Gasteiger partial charge in [0.05, 0.1) is 6.61 Å². The second-order valence-electron chi connectivity index (χ2n) is 4.91. The van der Waals surface area contributed by atoms with E-state index >= 15 is 0 Å². The van der Waals surface area contributed by atoms with Crippen LogP contribution in [0.3, 0.4) is 0 Å². The topological polar surface area (TPSA) is 35.8 Å². The van der Waals surface area contributed by atoms with E-state index in [4.69, 9.17) is 5.11 Å². The predicted molar refractivity (Wildman–Crippen MR) is 78.1 cm³/mol. The summed E-state index contributed by atoms with van der Waals surface area (Å²) in [6.07, 6.45) is 13.3. The Bertz CT molecular complexity index is 261. The van der Waals surface area contributed by atoms with Gasteiger partial charge in [-0.15, -0.1) is 0 Å². The van der Waals surface area contributed by atoms with Gasteiger partial charge < -0.3 is 10.0 Å². The largest absolute Gasteiger partial charge is 0.395 e. The Morgan fingerprint density at radius 3 is 2.89 bits per heavy atom. The predicted octanol–water partition coefficient (Wildman–Crippen LogP) is 3.00. The molecule has 0 aliphatic carbocycles. The standard InChI is InChI=1S/C15H28N2O/c1-2-3-4-5-6-7-8-10-15-16-11-9-12-17(15)13-14-18/h8,10,18H,2-7,9,11-14H2,1H3/b10-8+. The molecule has 104 valence electrons. The summed E-state index contributed by atoms with van der Waals surface area (Å²) in [6.45, 7) is 5.12. The second kappa shape index (κ2) is 10.1. The van der Waals surface area contributed by atoms with Gasteiger partial charge in [0, 0.05) is 19.6 Å². The third-order valence-electron chi connectivity index (χ3n) is 3.30. The van der Waals surface area contributed by atoms with E-state index in [2.05, 4.69) is 29.0 Å². The van der Waals surface area contributed by atoms with Gasteiger partial charge in [-0.3, -0.25) is 4.99 Å². The number of hydrogen-bond acceptors (Lipinski definition) is 3. The first-order valence-corrected chi connectivity index (χ1v) is 7.45. The minimum absolute atomic E-state index is 0.212. The Morgan fingerprint density at radius 2 is 2.11 bits per heavy atom. The van der Waals surface area contributed by atoms with Crippen molar-refractivity contribution in [3.63, 3.8) is 0 Å². The molecule has 1 heterocycles. The van der Waals surface area contributed by atoms with Crippen LogP contribution in [0.25, 0.3) is 0 Å². The molecule has 1 aliphatic rings. The minimum atomic E-state index is 0.212. The molecule has 0 bridgehead atoms. The zero-order valence-corrected chi connectivity index (χ0v) is 11.8. The summed E-state index contributed by atoms with van der Waals surface area (Å²) in [5.41, 5.74) is 0. The van der Waals surface area contributed by atoms with Crippen LogP contribution in [0, 0.1) is 0 Å². The number of aliphatic hydroxyl groups is 1. The summed E-state index contributed by atoms with van der Waals surface area (Å²) in [6, 6.07) is 0. The van der Waals surface area contributed by atoms with Gasteiger partial charge in [0.15, 0.2) is 0 Å². The van der Waals surface area contributed by atoms with Crippen molar-refractivity contribution in [2.24, 2.45) is 4.99 Å². The molecular formula is C15H28N2O. The molecule has 0 radical (unpaired) electrons. The van der Waals surface area contributed by atoms with E-state index < -0.39 is 0 Å². The maximum atomic E-state index is 9.01. The molecule has 1 rings (SSSR count). The lowest BCUT2D eigenvalue weighted by molar-refractivity contribution is 0.246. The first-order chi connectivity index (χ1) is 8.88. The Kier molecular flexibility index (Phi) is 8.57. The van der Waals surface area contributed by atoms with E-state index in [0.29, 0.717) is 6.54 Å².